The summed E-state index contributed by atoms with van der Waals surface area (Å²) in [5.41, 5.74) is -1.74. The number of carbonyl (C=O) groups excluding carboxylic acids is 2. The molecule has 0 saturated carbocycles. The van der Waals surface area contributed by atoms with Crippen LogP contribution in [0.3, 0.4) is 0 Å². The molecule has 3 heterocycles. The Labute approximate surface area is 311 Å². The molecule has 4 bridgehead atoms. The molecule has 11 heteroatoms. The Morgan fingerprint density at radius 1 is 0.698 bits per heavy atom. The Bertz CT molecular complexity index is 1750. The molecule has 0 radical (unpaired) electrons. The molecule has 2 aromatic heterocycles. The fourth-order valence-corrected chi connectivity index (χ4v) is 5.11. The summed E-state index contributed by atoms with van der Waals surface area (Å²) in [6, 6.07) is 0. The number of carbonyl (C=O) groups is 2. The number of hydrogen-bond acceptors (Lipinski definition) is 11. The number of hydrogen-bond donors (Lipinski definition) is 3. The van der Waals surface area contributed by atoms with Crippen molar-refractivity contribution in [3.63, 3.8) is 0 Å². The number of allylic oxidation sites excluding steroid dienone is 12. The summed E-state index contributed by atoms with van der Waals surface area (Å²) in [5, 5.41) is 32.2. The van der Waals surface area contributed by atoms with E-state index in [-0.39, 0.29) is 29.6 Å². The first-order valence-corrected chi connectivity index (χ1v) is 17.6. The second-order valence-electron chi connectivity index (χ2n) is 13.6. The molecule has 0 fully saturated rings. The third-order valence-electron chi connectivity index (χ3n) is 8.74. The summed E-state index contributed by atoms with van der Waals surface area (Å²) in [6.07, 6.45) is 30.0. The molecule has 1 aliphatic heterocycles. The van der Waals surface area contributed by atoms with E-state index in [9.17, 15) is 24.9 Å². The zero-order chi connectivity index (χ0) is 38.9. The van der Waals surface area contributed by atoms with Crippen LogP contribution in [-0.2, 0) is 15.9 Å². The van der Waals surface area contributed by atoms with Gasteiger partial charge in [0.1, 0.15) is 24.7 Å². The quantitative estimate of drug-likeness (QED) is 0.201. The van der Waals surface area contributed by atoms with Gasteiger partial charge in [0.05, 0.1) is 24.7 Å². The Kier molecular flexibility index (Phi) is 16.6. The number of rotatable bonds is 6. The molecule has 1 aliphatic rings. The molecule has 0 saturated heterocycles. The predicted molar refractivity (Wildman–Crippen MR) is 203 cm³/mol. The zero-order valence-corrected chi connectivity index (χ0v) is 31.2. The van der Waals surface area contributed by atoms with Crippen LogP contribution in [0, 0.1) is 10.8 Å². The molecule has 2 aromatic rings. The lowest BCUT2D eigenvalue weighted by Crippen LogP contribution is -2.42. The van der Waals surface area contributed by atoms with Gasteiger partial charge in [-0.25, -0.2) is 19.6 Å². The van der Waals surface area contributed by atoms with E-state index in [4.69, 9.17) is 18.3 Å². The van der Waals surface area contributed by atoms with Crippen LogP contribution < -0.4 is 0 Å². The number of aliphatic hydroxyl groups excluding tert-OH is 3. The van der Waals surface area contributed by atoms with Crippen LogP contribution in [0.1, 0.15) is 87.1 Å². The summed E-state index contributed by atoms with van der Waals surface area (Å²) in [5.74, 6) is -1.03. The fraction of sp³-hybridized carbons (Fsp3) is 0.381. The van der Waals surface area contributed by atoms with Gasteiger partial charge >= 0.3 is 11.9 Å². The number of esters is 2. The van der Waals surface area contributed by atoms with Gasteiger partial charge in [0, 0.05) is 29.7 Å². The van der Waals surface area contributed by atoms with Gasteiger partial charge < -0.3 is 33.6 Å². The lowest BCUT2D eigenvalue weighted by molar-refractivity contribution is -0.0461. The molecule has 284 valence electrons. The van der Waals surface area contributed by atoms with Crippen LogP contribution in [0.4, 0.5) is 0 Å². The first-order valence-electron chi connectivity index (χ1n) is 17.6. The minimum Gasteiger partial charge on any atom is -0.457 e. The highest BCUT2D eigenvalue weighted by Crippen LogP contribution is 2.33. The Morgan fingerprint density at radius 2 is 1.17 bits per heavy atom. The van der Waals surface area contributed by atoms with E-state index in [1.165, 1.54) is 12.5 Å². The molecule has 53 heavy (non-hydrogen) atoms. The number of aromatic nitrogens is 2. The Balaban J connectivity index is 1.88. The predicted octanol–water partition coefficient (Wildman–Crippen LogP) is 7.39. The van der Waals surface area contributed by atoms with Crippen molar-refractivity contribution in [2.45, 2.75) is 91.3 Å². The number of nitrogens with zero attached hydrogens (tertiary/aromatic N) is 2. The monoisotopic (exact) mass is 728 g/mol. The van der Waals surface area contributed by atoms with Gasteiger partial charge in [-0.2, -0.15) is 0 Å². The van der Waals surface area contributed by atoms with Crippen LogP contribution in [0.25, 0.3) is 6.08 Å². The minimum absolute atomic E-state index is 0.00131. The number of ether oxygens (including phenoxy) is 2. The van der Waals surface area contributed by atoms with Crippen molar-refractivity contribution in [3.8, 4) is 0 Å². The highest BCUT2D eigenvalue weighted by atomic mass is 16.6. The minimum atomic E-state index is -0.951. The zero-order valence-electron chi connectivity index (χ0n) is 31.2. The molecule has 11 nitrogen and oxygen atoms in total. The Hall–Kier alpha value is -5.10. The van der Waals surface area contributed by atoms with Crippen LogP contribution >= 0.6 is 0 Å². The maximum absolute atomic E-state index is 13.2. The van der Waals surface area contributed by atoms with E-state index in [2.05, 4.69) is 9.97 Å². The summed E-state index contributed by atoms with van der Waals surface area (Å²) >= 11 is 0. The lowest BCUT2D eigenvalue weighted by Gasteiger charge is -2.36. The molecule has 5 atom stereocenters. The van der Waals surface area contributed by atoms with E-state index < -0.39 is 53.3 Å². The second-order valence-corrected chi connectivity index (χ2v) is 13.6. The number of cyclic esters (lactones) is 2. The summed E-state index contributed by atoms with van der Waals surface area (Å²) in [7, 11) is 0. The van der Waals surface area contributed by atoms with Gasteiger partial charge in [-0.3, -0.25) is 0 Å². The molecule has 0 aliphatic carbocycles. The van der Waals surface area contributed by atoms with Crippen LogP contribution in [0.2, 0.25) is 0 Å². The van der Waals surface area contributed by atoms with E-state index in [1.54, 1.807) is 111 Å². The molecule has 0 amide bonds. The van der Waals surface area contributed by atoms with Crippen LogP contribution in [-0.4, -0.2) is 67.7 Å². The highest BCUT2D eigenvalue weighted by Gasteiger charge is 2.39. The molecular formula is C42H52N2O9. The standard InChI is InChI=1S/C42H52N2O9/c1-7-21-33(46)41(3,4)35-25-19-15-12-13-17-23-30(45)27-38-44-32(29-51-38)40(49)53-36(42(5,6)34(47)22-8-2)24-18-14-10-9-11-16-20-26-37-43-31(28-50-37)39(48)52-35/h7-23,26,28-30,33-36,45-47H,24-25,27H2,1-6H3/b10-9-,13-12-,16-11+,18-14-,19-15-,21-7+,22-8+,23-17+,26-20-/t30-,33-,34-,35-,36-/m0/s1. The topological polar surface area (TPSA) is 165 Å². The summed E-state index contributed by atoms with van der Waals surface area (Å²) in [6.45, 7) is 10.9. The van der Waals surface area contributed by atoms with Crippen molar-refractivity contribution in [2.24, 2.45) is 10.8 Å². The summed E-state index contributed by atoms with van der Waals surface area (Å²) < 4.78 is 22.6. The highest BCUT2D eigenvalue weighted by molar-refractivity contribution is 5.87. The van der Waals surface area contributed by atoms with E-state index in [0.29, 0.717) is 12.8 Å². The van der Waals surface area contributed by atoms with Crippen molar-refractivity contribution in [1.29, 1.82) is 0 Å². The van der Waals surface area contributed by atoms with Crippen molar-refractivity contribution in [3.05, 3.63) is 139 Å². The average Bonchev–Trinajstić information content (AvgIpc) is 3.79. The maximum Gasteiger partial charge on any atom is 0.360 e. The first kappa shape index (κ1) is 42.3. The van der Waals surface area contributed by atoms with Crippen molar-refractivity contribution in [2.75, 3.05) is 0 Å². The fourth-order valence-electron chi connectivity index (χ4n) is 5.11. The van der Waals surface area contributed by atoms with Gasteiger partial charge in [-0.05, 0) is 13.8 Å². The van der Waals surface area contributed by atoms with E-state index in [1.807, 2.05) is 39.8 Å². The smallest absolute Gasteiger partial charge is 0.360 e. The number of aliphatic hydroxyl groups is 3. The molecule has 0 aromatic carbocycles. The molecule has 3 N–H and O–H groups in total. The third-order valence-corrected chi connectivity index (χ3v) is 8.74. The summed E-state index contributed by atoms with van der Waals surface area (Å²) in [4.78, 5) is 34.7. The van der Waals surface area contributed by atoms with Crippen molar-refractivity contribution >= 4 is 18.0 Å². The van der Waals surface area contributed by atoms with Gasteiger partial charge in [0.2, 0.25) is 5.89 Å². The maximum atomic E-state index is 13.2. The molecule has 0 spiro atoms. The second kappa shape index (κ2) is 20.8. The lowest BCUT2D eigenvalue weighted by atomic mass is 9.79. The van der Waals surface area contributed by atoms with Crippen molar-refractivity contribution in [1.82, 2.24) is 9.97 Å². The SMILES string of the molecule is C/C=C/[C@H](O)C(C)(C)[C@@H]1C\C=C/C=C\C=C\[C@H](O)Cc2nc(co2)C(=O)O[C@H](C(C)(C)[C@@H](O)/C=C/C)C\C=C/C=C\C=C\C=C/c2nc(co2)C(=O)O1. The van der Waals surface area contributed by atoms with E-state index in [0.717, 1.165) is 0 Å². The average molecular weight is 729 g/mol. The molecule has 0 unspecified atom stereocenters. The normalized spacial score (nSPS) is 25.8. The van der Waals surface area contributed by atoms with Gasteiger partial charge in [-0.15, -0.1) is 0 Å². The van der Waals surface area contributed by atoms with E-state index >= 15 is 0 Å². The van der Waals surface area contributed by atoms with Gasteiger partial charge in [0.15, 0.2) is 17.3 Å². The number of fused-ring (bicyclic) bond motifs is 4. The van der Waals surface area contributed by atoms with Crippen molar-refractivity contribution < 1.29 is 43.2 Å². The largest absolute Gasteiger partial charge is 0.457 e. The van der Waals surface area contributed by atoms with Crippen LogP contribution in [0.15, 0.2) is 125 Å². The third kappa shape index (κ3) is 13.1. The molecule has 3 rings (SSSR count). The Morgan fingerprint density at radius 3 is 1.72 bits per heavy atom. The van der Waals surface area contributed by atoms with Gasteiger partial charge in [0.25, 0.3) is 0 Å². The first-order chi connectivity index (χ1) is 25.3. The van der Waals surface area contributed by atoms with Gasteiger partial charge in [-0.1, -0.05) is 131 Å². The van der Waals surface area contributed by atoms with Crippen LogP contribution in [0.5, 0.6) is 0 Å². The number of oxazole rings is 2. The molecular weight excluding hydrogens is 676 g/mol.